The predicted octanol–water partition coefficient (Wildman–Crippen LogP) is 3.14. The van der Waals surface area contributed by atoms with Gasteiger partial charge < -0.3 is 15.5 Å². The van der Waals surface area contributed by atoms with Crippen LogP contribution in [0.2, 0.25) is 0 Å². The van der Waals surface area contributed by atoms with Gasteiger partial charge in [0.15, 0.2) is 0 Å². The topological polar surface area (TPSA) is 70.2 Å². The summed E-state index contributed by atoms with van der Waals surface area (Å²) in [6.45, 7) is 5.40. The van der Waals surface area contributed by atoms with Gasteiger partial charge in [0, 0.05) is 43.7 Å². The van der Waals surface area contributed by atoms with Crippen LogP contribution in [0, 0.1) is 0 Å². The van der Waals surface area contributed by atoms with Crippen LogP contribution in [0.1, 0.15) is 65.1 Å². The lowest BCUT2D eigenvalue weighted by atomic mass is 10.0. The molecule has 6 heteroatoms. The number of anilines is 1. The summed E-state index contributed by atoms with van der Waals surface area (Å²) in [5, 5.41) is 6.63. The Bertz CT molecular complexity index is 847. The molecule has 1 fully saturated rings. The summed E-state index contributed by atoms with van der Waals surface area (Å²) < 4.78 is 0. The van der Waals surface area contributed by atoms with Gasteiger partial charge in [-0.25, -0.2) is 9.97 Å². The minimum Gasteiger partial charge on any atom is -0.373 e. The largest absolute Gasteiger partial charge is 0.373 e. The zero-order chi connectivity index (χ0) is 20.2. The number of likely N-dealkylation sites (tertiary alicyclic amines) is 1. The van der Waals surface area contributed by atoms with E-state index in [1.165, 1.54) is 24.0 Å². The number of amides is 1. The van der Waals surface area contributed by atoms with E-state index in [0.717, 1.165) is 61.8 Å². The number of carbonyl (C=O) groups excluding carboxylic acids is 1. The van der Waals surface area contributed by atoms with Crippen LogP contribution in [-0.4, -0.2) is 47.5 Å². The van der Waals surface area contributed by atoms with Gasteiger partial charge in [-0.15, -0.1) is 0 Å². The van der Waals surface area contributed by atoms with Crippen molar-refractivity contribution in [3.63, 3.8) is 0 Å². The van der Waals surface area contributed by atoms with Crippen LogP contribution in [-0.2, 0) is 19.4 Å². The highest BCUT2D eigenvalue weighted by Crippen LogP contribution is 2.29. The maximum Gasteiger partial charge on any atom is 0.253 e. The zero-order valence-corrected chi connectivity index (χ0v) is 17.5. The second-order valence-electron chi connectivity index (χ2n) is 8.07. The smallest absolute Gasteiger partial charge is 0.253 e. The van der Waals surface area contributed by atoms with Crippen molar-refractivity contribution < 1.29 is 4.79 Å². The van der Waals surface area contributed by atoms with Crippen molar-refractivity contribution in [1.82, 2.24) is 20.2 Å². The molecule has 2 aliphatic rings. The minimum absolute atomic E-state index is 0.114. The number of benzene rings is 1. The minimum atomic E-state index is 0.114. The molecule has 2 aliphatic heterocycles. The van der Waals surface area contributed by atoms with Crippen LogP contribution >= 0.6 is 0 Å². The van der Waals surface area contributed by atoms with Crippen molar-refractivity contribution >= 4 is 11.7 Å². The van der Waals surface area contributed by atoms with Crippen molar-refractivity contribution in [3.05, 3.63) is 52.5 Å². The molecule has 1 aromatic heterocycles. The molecular formula is C23H31N5O. The molecule has 0 bridgehead atoms. The monoisotopic (exact) mass is 393 g/mol. The first-order valence-electron chi connectivity index (χ1n) is 10.9. The molecule has 3 heterocycles. The summed E-state index contributed by atoms with van der Waals surface area (Å²) in [4.78, 5) is 24.6. The summed E-state index contributed by atoms with van der Waals surface area (Å²) in [6.07, 6.45) is 5.32. The van der Waals surface area contributed by atoms with Crippen molar-refractivity contribution in [2.75, 3.05) is 32.0 Å². The third kappa shape index (κ3) is 4.27. The molecule has 2 aromatic rings. The maximum absolute atomic E-state index is 13.0. The van der Waals surface area contributed by atoms with Crippen LogP contribution in [0.4, 0.5) is 5.82 Å². The molecule has 0 aliphatic carbocycles. The van der Waals surface area contributed by atoms with Gasteiger partial charge in [-0.2, -0.15) is 0 Å². The summed E-state index contributed by atoms with van der Waals surface area (Å²) in [6, 6.07) is 8.13. The highest BCUT2D eigenvalue weighted by molar-refractivity contribution is 5.94. The van der Waals surface area contributed by atoms with E-state index < -0.39 is 0 Å². The Labute approximate surface area is 173 Å². The van der Waals surface area contributed by atoms with Crippen molar-refractivity contribution in [3.8, 4) is 0 Å². The number of nitrogens with one attached hydrogen (secondary N) is 2. The van der Waals surface area contributed by atoms with Crippen LogP contribution in [0.15, 0.2) is 24.3 Å². The Morgan fingerprint density at radius 2 is 2.10 bits per heavy atom. The molecule has 0 spiro atoms. The summed E-state index contributed by atoms with van der Waals surface area (Å²) in [5.41, 5.74) is 4.40. The Morgan fingerprint density at radius 1 is 1.28 bits per heavy atom. The third-order valence-corrected chi connectivity index (χ3v) is 6.05. The number of rotatable bonds is 6. The third-order valence-electron chi connectivity index (χ3n) is 6.05. The van der Waals surface area contributed by atoms with Crippen LogP contribution in [0.5, 0.6) is 0 Å². The molecule has 1 aromatic carbocycles. The molecular weight excluding hydrogens is 362 g/mol. The lowest BCUT2D eigenvalue weighted by Gasteiger charge is -2.21. The van der Waals surface area contributed by atoms with Gasteiger partial charge in [0.1, 0.15) is 11.6 Å². The van der Waals surface area contributed by atoms with Gasteiger partial charge in [-0.1, -0.05) is 25.5 Å². The molecule has 0 saturated carbocycles. The molecule has 4 rings (SSSR count). The number of nitrogens with zero attached hydrogens (tertiary/aromatic N) is 3. The molecule has 1 saturated heterocycles. The fourth-order valence-electron chi connectivity index (χ4n) is 4.30. The molecule has 2 N–H and O–H groups in total. The normalized spacial score (nSPS) is 18.6. The SMILES string of the molecule is CCCCc1ccc(C(=O)N2CCC(c3nc4c(c(NC)n3)CCNC4)C2)cc1. The number of carbonyl (C=O) groups is 1. The zero-order valence-electron chi connectivity index (χ0n) is 17.5. The van der Waals surface area contributed by atoms with Crippen LogP contribution in [0.25, 0.3) is 0 Å². The van der Waals surface area contributed by atoms with Crippen LogP contribution in [0.3, 0.4) is 0 Å². The van der Waals surface area contributed by atoms with E-state index in [-0.39, 0.29) is 11.8 Å². The van der Waals surface area contributed by atoms with Crippen molar-refractivity contribution in [2.45, 2.75) is 51.5 Å². The maximum atomic E-state index is 13.0. The Morgan fingerprint density at radius 3 is 2.86 bits per heavy atom. The van der Waals surface area contributed by atoms with Gasteiger partial charge in [0.2, 0.25) is 0 Å². The number of fused-ring (bicyclic) bond motifs is 1. The molecule has 29 heavy (non-hydrogen) atoms. The second kappa shape index (κ2) is 8.91. The summed E-state index contributed by atoms with van der Waals surface area (Å²) >= 11 is 0. The highest BCUT2D eigenvalue weighted by atomic mass is 16.2. The van der Waals surface area contributed by atoms with Gasteiger partial charge in [0.05, 0.1) is 5.69 Å². The molecule has 0 radical (unpaired) electrons. The second-order valence-corrected chi connectivity index (χ2v) is 8.07. The molecule has 1 unspecified atom stereocenters. The molecule has 154 valence electrons. The first-order chi connectivity index (χ1) is 14.2. The van der Waals surface area contributed by atoms with E-state index in [4.69, 9.17) is 9.97 Å². The standard InChI is InChI=1S/C23H31N5O/c1-3-4-5-16-6-8-17(9-7-16)23(29)28-13-11-18(15-28)21-26-20-14-25-12-10-19(20)22(24-2)27-21/h6-9,18,25H,3-5,10-15H2,1-2H3,(H,24,26,27). The fraction of sp³-hybridized carbons (Fsp3) is 0.522. The van der Waals surface area contributed by atoms with E-state index in [1.54, 1.807) is 0 Å². The summed E-state index contributed by atoms with van der Waals surface area (Å²) in [5.74, 6) is 2.12. The van der Waals surface area contributed by atoms with E-state index in [1.807, 2.05) is 24.1 Å². The predicted molar refractivity (Wildman–Crippen MR) is 115 cm³/mol. The number of aryl methyl sites for hydroxylation is 1. The highest BCUT2D eigenvalue weighted by Gasteiger charge is 2.31. The number of aromatic nitrogens is 2. The number of hydrogen-bond acceptors (Lipinski definition) is 5. The van der Waals surface area contributed by atoms with Crippen LogP contribution < -0.4 is 10.6 Å². The fourth-order valence-corrected chi connectivity index (χ4v) is 4.30. The van der Waals surface area contributed by atoms with Crippen molar-refractivity contribution in [1.29, 1.82) is 0 Å². The Balaban J connectivity index is 1.45. The number of unbranched alkanes of at least 4 members (excludes halogenated alkanes) is 1. The van der Waals surface area contributed by atoms with E-state index in [9.17, 15) is 4.79 Å². The Kier molecular flexibility index (Phi) is 6.09. The lowest BCUT2D eigenvalue weighted by molar-refractivity contribution is 0.0790. The lowest BCUT2D eigenvalue weighted by Crippen LogP contribution is -2.29. The van der Waals surface area contributed by atoms with E-state index >= 15 is 0 Å². The van der Waals surface area contributed by atoms with Gasteiger partial charge in [0.25, 0.3) is 5.91 Å². The number of hydrogen-bond donors (Lipinski definition) is 2. The average molecular weight is 394 g/mol. The van der Waals surface area contributed by atoms with Crippen molar-refractivity contribution in [2.24, 2.45) is 0 Å². The van der Waals surface area contributed by atoms with E-state index in [0.29, 0.717) is 6.54 Å². The first kappa shape index (κ1) is 19.8. The Hall–Kier alpha value is -2.47. The quantitative estimate of drug-likeness (QED) is 0.789. The van der Waals surface area contributed by atoms with E-state index in [2.05, 4.69) is 29.7 Å². The molecule has 1 atom stereocenters. The van der Waals surface area contributed by atoms with Gasteiger partial charge in [-0.3, -0.25) is 4.79 Å². The average Bonchev–Trinajstić information content (AvgIpc) is 3.27. The first-order valence-corrected chi connectivity index (χ1v) is 10.9. The molecule has 6 nitrogen and oxygen atoms in total. The van der Waals surface area contributed by atoms with Gasteiger partial charge in [-0.05, 0) is 49.9 Å². The van der Waals surface area contributed by atoms with Gasteiger partial charge >= 0.3 is 0 Å². The molecule has 1 amide bonds. The summed E-state index contributed by atoms with van der Waals surface area (Å²) in [7, 11) is 1.92.